The van der Waals surface area contributed by atoms with Crippen molar-refractivity contribution in [3.8, 4) is 0 Å². The number of benzene rings is 2. The molecule has 6 heteroatoms. The normalized spacial score (nSPS) is 19.9. The highest BCUT2D eigenvalue weighted by molar-refractivity contribution is 7.89. The van der Waals surface area contributed by atoms with E-state index in [0.29, 0.717) is 12.1 Å². The fraction of sp³-hybridized carbons (Fsp3) is 0.294. The molecule has 0 saturated heterocycles. The van der Waals surface area contributed by atoms with Crippen molar-refractivity contribution >= 4 is 10.0 Å². The predicted molar refractivity (Wildman–Crippen MR) is 88.0 cm³/mol. The molecule has 1 heterocycles. The highest BCUT2D eigenvalue weighted by Crippen LogP contribution is 2.38. The smallest absolute Gasteiger partial charge is 0.246 e. The number of fused-ring (bicyclic) bond motifs is 1. The Morgan fingerprint density at radius 2 is 1.65 bits per heavy atom. The second-order valence-corrected chi connectivity index (χ2v) is 7.83. The van der Waals surface area contributed by atoms with E-state index < -0.39 is 16.3 Å². The molecule has 1 aliphatic heterocycles. The number of rotatable bonds is 4. The standard InChI is InChI=1S/C17H20N2O3S/c1-18(2)11-13-7-3-4-8-14(13)12-19-17(20)15-9-5-6-10-16(15)23(19,21)22/h3-10,17,20H,11-12H2,1-2H3/t17-/m0/s1. The Bertz CT molecular complexity index is 818. The fourth-order valence-electron chi connectivity index (χ4n) is 2.89. The van der Waals surface area contributed by atoms with Gasteiger partial charge in [-0.2, -0.15) is 4.31 Å². The second-order valence-electron chi connectivity index (χ2n) is 5.97. The van der Waals surface area contributed by atoms with Gasteiger partial charge in [0, 0.05) is 18.7 Å². The van der Waals surface area contributed by atoms with Crippen LogP contribution in [-0.4, -0.2) is 36.8 Å². The van der Waals surface area contributed by atoms with Crippen molar-refractivity contribution in [3.05, 3.63) is 65.2 Å². The summed E-state index contributed by atoms with van der Waals surface area (Å²) in [7, 11) is 0.263. The van der Waals surface area contributed by atoms with Crippen LogP contribution in [0.2, 0.25) is 0 Å². The summed E-state index contributed by atoms with van der Waals surface area (Å²) >= 11 is 0. The topological polar surface area (TPSA) is 60.9 Å². The third-order valence-electron chi connectivity index (χ3n) is 3.99. The summed E-state index contributed by atoms with van der Waals surface area (Å²) in [5.74, 6) is 0. The van der Waals surface area contributed by atoms with Gasteiger partial charge in [-0.25, -0.2) is 8.42 Å². The van der Waals surface area contributed by atoms with Gasteiger partial charge in [0.1, 0.15) is 6.23 Å². The molecule has 1 N–H and O–H groups in total. The maximum atomic E-state index is 12.7. The highest BCUT2D eigenvalue weighted by atomic mass is 32.2. The second kappa shape index (κ2) is 6.05. The zero-order chi connectivity index (χ0) is 16.6. The van der Waals surface area contributed by atoms with E-state index in [-0.39, 0.29) is 11.4 Å². The lowest BCUT2D eigenvalue weighted by Gasteiger charge is -2.21. The minimum Gasteiger partial charge on any atom is -0.373 e. The van der Waals surface area contributed by atoms with E-state index in [1.807, 2.05) is 43.3 Å². The van der Waals surface area contributed by atoms with E-state index in [0.717, 1.165) is 15.4 Å². The predicted octanol–water partition coefficient (Wildman–Crippen LogP) is 1.94. The summed E-state index contributed by atoms with van der Waals surface area (Å²) in [6.45, 7) is 0.870. The monoisotopic (exact) mass is 332 g/mol. The first-order valence-electron chi connectivity index (χ1n) is 7.41. The lowest BCUT2D eigenvalue weighted by molar-refractivity contribution is 0.0647. The summed E-state index contributed by atoms with van der Waals surface area (Å²) in [4.78, 5) is 2.22. The van der Waals surface area contributed by atoms with E-state index in [1.165, 1.54) is 0 Å². The molecule has 0 radical (unpaired) electrons. The molecule has 0 spiro atoms. The van der Waals surface area contributed by atoms with Crippen molar-refractivity contribution in [2.75, 3.05) is 14.1 Å². The molecular formula is C17H20N2O3S. The Morgan fingerprint density at radius 1 is 1.04 bits per heavy atom. The molecule has 2 aromatic carbocycles. The van der Waals surface area contributed by atoms with Crippen molar-refractivity contribution in [2.45, 2.75) is 24.2 Å². The van der Waals surface area contributed by atoms with Gasteiger partial charge in [-0.1, -0.05) is 42.5 Å². The van der Waals surface area contributed by atoms with Crippen LogP contribution in [0.5, 0.6) is 0 Å². The van der Waals surface area contributed by atoms with Crippen LogP contribution in [0.25, 0.3) is 0 Å². The van der Waals surface area contributed by atoms with Gasteiger partial charge in [-0.15, -0.1) is 0 Å². The van der Waals surface area contributed by atoms with Crippen LogP contribution >= 0.6 is 0 Å². The minimum absolute atomic E-state index is 0.155. The van der Waals surface area contributed by atoms with Gasteiger partial charge < -0.3 is 10.0 Å². The molecule has 1 aliphatic rings. The van der Waals surface area contributed by atoms with Crippen molar-refractivity contribution < 1.29 is 13.5 Å². The first-order valence-corrected chi connectivity index (χ1v) is 8.85. The highest BCUT2D eigenvalue weighted by Gasteiger charge is 2.41. The molecule has 3 rings (SSSR count). The van der Waals surface area contributed by atoms with Crippen LogP contribution in [0.1, 0.15) is 22.9 Å². The molecular weight excluding hydrogens is 312 g/mol. The fourth-order valence-corrected chi connectivity index (χ4v) is 4.55. The summed E-state index contributed by atoms with van der Waals surface area (Å²) < 4.78 is 26.5. The van der Waals surface area contributed by atoms with Gasteiger partial charge >= 0.3 is 0 Å². The molecule has 0 bridgehead atoms. The summed E-state index contributed by atoms with van der Waals surface area (Å²) in [6, 6.07) is 14.3. The van der Waals surface area contributed by atoms with Gasteiger partial charge in [0.15, 0.2) is 0 Å². The maximum absolute atomic E-state index is 12.7. The molecule has 122 valence electrons. The van der Waals surface area contributed by atoms with Crippen molar-refractivity contribution in [1.29, 1.82) is 0 Å². The Balaban J connectivity index is 1.96. The van der Waals surface area contributed by atoms with Crippen molar-refractivity contribution in [1.82, 2.24) is 9.21 Å². The van der Waals surface area contributed by atoms with Crippen LogP contribution in [0, 0.1) is 0 Å². The first kappa shape index (κ1) is 16.1. The number of sulfonamides is 1. The molecule has 0 aliphatic carbocycles. The van der Waals surface area contributed by atoms with Gasteiger partial charge in [0.05, 0.1) is 4.90 Å². The van der Waals surface area contributed by atoms with E-state index in [2.05, 4.69) is 0 Å². The average Bonchev–Trinajstić information content (AvgIpc) is 2.70. The largest absolute Gasteiger partial charge is 0.373 e. The Labute approximate surface area is 136 Å². The summed E-state index contributed by atoms with van der Waals surface area (Å²) in [5, 5.41) is 10.4. The SMILES string of the molecule is CN(C)Cc1ccccc1CN1[C@@H](O)c2ccccc2S1(=O)=O. The third-order valence-corrected chi connectivity index (χ3v) is 5.86. The number of hydrogen-bond donors (Lipinski definition) is 1. The number of aliphatic hydroxyl groups is 1. The van der Waals surface area contributed by atoms with Crippen LogP contribution < -0.4 is 0 Å². The van der Waals surface area contributed by atoms with Crippen LogP contribution in [0.3, 0.4) is 0 Å². The molecule has 23 heavy (non-hydrogen) atoms. The van der Waals surface area contributed by atoms with Crippen LogP contribution in [0.4, 0.5) is 0 Å². The van der Waals surface area contributed by atoms with Gasteiger partial charge in [-0.05, 0) is 31.3 Å². The molecule has 0 aromatic heterocycles. The van der Waals surface area contributed by atoms with E-state index >= 15 is 0 Å². The van der Waals surface area contributed by atoms with Crippen molar-refractivity contribution in [2.24, 2.45) is 0 Å². The molecule has 0 unspecified atom stereocenters. The lowest BCUT2D eigenvalue weighted by Crippen LogP contribution is -2.28. The van der Waals surface area contributed by atoms with E-state index in [1.54, 1.807) is 24.3 Å². The maximum Gasteiger partial charge on any atom is 0.246 e. The van der Waals surface area contributed by atoms with Crippen LogP contribution in [0.15, 0.2) is 53.4 Å². The number of hydrogen-bond acceptors (Lipinski definition) is 4. The Hall–Kier alpha value is -1.73. The number of aliphatic hydroxyl groups excluding tert-OH is 1. The minimum atomic E-state index is -3.67. The Morgan fingerprint density at radius 3 is 2.30 bits per heavy atom. The first-order chi connectivity index (χ1) is 10.9. The molecule has 1 atom stereocenters. The zero-order valence-electron chi connectivity index (χ0n) is 13.2. The van der Waals surface area contributed by atoms with Gasteiger partial charge in [0.25, 0.3) is 0 Å². The average molecular weight is 332 g/mol. The summed E-state index contributed by atoms with van der Waals surface area (Å²) in [6.07, 6.45) is -1.14. The number of nitrogens with zero attached hydrogens (tertiary/aromatic N) is 2. The van der Waals surface area contributed by atoms with Crippen LogP contribution in [-0.2, 0) is 23.1 Å². The molecule has 0 amide bonds. The lowest BCUT2D eigenvalue weighted by atomic mass is 10.1. The molecule has 0 fully saturated rings. The quantitative estimate of drug-likeness (QED) is 0.929. The third kappa shape index (κ3) is 2.90. The Kier molecular flexibility index (Phi) is 4.25. The molecule has 0 saturated carbocycles. The van der Waals surface area contributed by atoms with E-state index in [9.17, 15) is 13.5 Å². The molecule has 2 aromatic rings. The van der Waals surface area contributed by atoms with E-state index in [4.69, 9.17) is 0 Å². The zero-order valence-corrected chi connectivity index (χ0v) is 14.0. The van der Waals surface area contributed by atoms with Gasteiger partial charge in [-0.3, -0.25) is 0 Å². The molecule has 5 nitrogen and oxygen atoms in total. The van der Waals surface area contributed by atoms with Crippen molar-refractivity contribution in [3.63, 3.8) is 0 Å². The summed E-state index contributed by atoms with van der Waals surface area (Å²) in [5.41, 5.74) is 2.39. The van der Waals surface area contributed by atoms with Gasteiger partial charge in [0.2, 0.25) is 10.0 Å².